The van der Waals surface area contributed by atoms with Gasteiger partial charge >= 0.3 is 0 Å². The van der Waals surface area contributed by atoms with Gasteiger partial charge in [0.1, 0.15) is 0 Å². The molecule has 17 heavy (non-hydrogen) atoms. The van der Waals surface area contributed by atoms with Gasteiger partial charge in [0.05, 0.1) is 11.6 Å². The number of benzene rings is 1. The minimum absolute atomic E-state index is 0.0190. The van der Waals surface area contributed by atoms with E-state index in [1.54, 1.807) is 13.2 Å². The first-order valence-corrected chi connectivity index (χ1v) is 5.95. The lowest BCUT2D eigenvalue weighted by molar-refractivity contribution is 0.115. The van der Waals surface area contributed by atoms with Gasteiger partial charge in [0, 0.05) is 7.11 Å². The molecule has 1 saturated carbocycles. The number of ether oxygens (including phenoxy) is 1. The van der Waals surface area contributed by atoms with Crippen molar-refractivity contribution in [3.05, 3.63) is 35.4 Å². The van der Waals surface area contributed by atoms with Crippen LogP contribution in [0.15, 0.2) is 29.3 Å². The summed E-state index contributed by atoms with van der Waals surface area (Å²) in [6, 6.07) is 8.07. The normalized spacial score (nSPS) is 18.9. The average Bonchev–Trinajstić information content (AvgIpc) is 2.33. The molecule has 90 valence electrons. The number of hydrogen-bond donors (Lipinski definition) is 0. The third kappa shape index (κ3) is 2.04. The summed E-state index contributed by atoms with van der Waals surface area (Å²) < 4.78 is 5.38. The van der Waals surface area contributed by atoms with E-state index in [2.05, 4.69) is 4.99 Å². The monoisotopic (exact) mass is 231 g/mol. The van der Waals surface area contributed by atoms with Gasteiger partial charge in [0.25, 0.3) is 0 Å². The quantitative estimate of drug-likeness (QED) is 0.590. The Morgan fingerprint density at radius 2 is 2.12 bits per heavy atom. The van der Waals surface area contributed by atoms with Crippen LogP contribution in [0.1, 0.15) is 43.4 Å². The molecule has 0 saturated heterocycles. The third-order valence-corrected chi connectivity index (χ3v) is 3.69. The molecule has 1 aliphatic rings. The Bertz CT molecular complexity index is 445. The Balaban J connectivity index is 2.47. The van der Waals surface area contributed by atoms with Gasteiger partial charge in [-0.25, -0.2) is 4.79 Å². The Morgan fingerprint density at radius 1 is 1.41 bits per heavy atom. The van der Waals surface area contributed by atoms with Crippen LogP contribution in [-0.4, -0.2) is 13.2 Å². The lowest BCUT2D eigenvalue weighted by Crippen LogP contribution is -2.33. The van der Waals surface area contributed by atoms with E-state index in [0.717, 1.165) is 30.4 Å². The van der Waals surface area contributed by atoms with Crippen molar-refractivity contribution in [2.45, 2.75) is 37.8 Å². The molecule has 2 rings (SSSR count). The standard InChI is InChI=1S/C14H17NO2/c1-11(17-2)12-6-3-4-7-13(12)14(15-10-16)8-5-9-14/h3-4,6-7,11H,5,8-9H2,1-2H3. The topological polar surface area (TPSA) is 38.7 Å². The van der Waals surface area contributed by atoms with Crippen LogP contribution < -0.4 is 0 Å². The van der Waals surface area contributed by atoms with E-state index in [-0.39, 0.29) is 11.6 Å². The van der Waals surface area contributed by atoms with E-state index in [0.29, 0.717) is 0 Å². The van der Waals surface area contributed by atoms with Crippen LogP contribution in [0, 0.1) is 0 Å². The molecule has 1 aromatic carbocycles. The fraction of sp³-hybridized carbons (Fsp3) is 0.500. The number of hydrogen-bond acceptors (Lipinski definition) is 3. The van der Waals surface area contributed by atoms with E-state index in [9.17, 15) is 4.79 Å². The molecule has 1 atom stereocenters. The first-order valence-electron chi connectivity index (χ1n) is 5.95. The van der Waals surface area contributed by atoms with Crippen molar-refractivity contribution in [2.24, 2.45) is 4.99 Å². The summed E-state index contributed by atoms with van der Waals surface area (Å²) in [6.07, 6.45) is 4.71. The van der Waals surface area contributed by atoms with Crippen LogP contribution in [0.25, 0.3) is 0 Å². The van der Waals surface area contributed by atoms with Gasteiger partial charge in [0.2, 0.25) is 6.08 Å². The minimum Gasteiger partial charge on any atom is -0.377 e. The highest BCUT2D eigenvalue weighted by Crippen LogP contribution is 2.47. The van der Waals surface area contributed by atoms with Crippen molar-refractivity contribution in [2.75, 3.05) is 7.11 Å². The molecule has 1 aliphatic carbocycles. The maximum absolute atomic E-state index is 10.6. The summed E-state index contributed by atoms with van der Waals surface area (Å²) in [5, 5.41) is 0. The number of carbonyl (C=O) groups excluding carboxylic acids is 1. The number of aliphatic imine (C=N–C) groups is 1. The first kappa shape index (κ1) is 12.0. The van der Waals surface area contributed by atoms with Gasteiger partial charge < -0.3 is 4.74 Å². The van der Waals surface area contributed by atoms with Gasteiger partial charge in [-0.05, 0) is 37.3 Å². The molecule has 3 heteroatoms. The molecule has 0 aliphatic heterocycles. The van der Waals surface area contributed by atoms with Crippen molar-refractivity contribution < 1.29 is 9.53 Å². The van der Waals surface area contributed by atoms with E-state index >= 15 is 0 Å². The zero-order valence-corrected chi connectivity index (χ0v) is 10.3. The fourth-order valence-electron chi connectivity index (χ4n) is 2.44. The maximum atomic E-state index is 10.6. The molecular formula is C14H17NO2. The summed E-state index contributed by atoms with van der Waals surface area (Å²) in [4.78, 5) is 14.7. The fourth-order valence-corrected chi connectivity index (χ4v) is 2.44. The number of rotatable bonds is 4. The number of nitrogens with zero attached hydrogens (tertiary/aromatic N) is 1. The van der Waals surface area contributed by atoms with E-state index in [1.165, 1.54) is 0 Å². The summed E-state index contributed by atoms with van der Waals surface area (Å²) >= 11 is 0. The predicted molar refractivity (Wildman–Crippen MR) is 65.5 cm³/mol. The largest absolute Gasteiger partial charge is 0.377 e. The van der Waals surface area contributed by atoms with Crippen LogP contribution in [-0.2, 0) is 15.1 Å². The Hall–Kier alpha value is -1.44. The van der Waals surface area contributed by atoms with Crippen molar-refractivity contribution >= 4 is 6.08 Å². The maximum Gasteiger partial charge on any atom is 0.235 e. The molecule has 0 bridgehead atoms. The van der Waals surface area contributed by atoms with Crippen LogP contribution in [0.2, 0.25) is 0 Å². The molecule has 1 unspecified atom stereocenters. The van der Waals surface area contributed by atoms with Gasteiger partial charge in [-0.3, -0.25) is 0 Å². The van der Waals surface area contributed by atoms with Gasteiger partial charge in [0.15, 0.2) is 0 Å². The van der Waals surface area contributed by atoms with Crippen LogP contribution in [0.3, 0.4) is 0 Å². The summed E-state index contributed by atoms with van der Waals surface area (Å²) in [7, 11) is 1.69. The average molecular weight is 231 g/mol. The molecular weight excluding hydrogens is 214 g/mol. The molecule has 0 spiro atoms. The molecule has 0 N–H and O–H groups in total. The van der Waals surface area contributed by atoms with Crippen LogP contribution in [0.4, 0.5) is 0 Å². The molecule has 0 aromatic heterocycles. The SMILES string of the molecule is COC(C)c1ccccc1C1(N=C=O)CCC1. The Labute approximate surface area is 102 Å². The molecule has 0 radical (unpaired) electrons. The second-order valence-electron chi connectivity index (χ2n) is 4.55. The van der Waals surface area contributed by atoms with Gasteiger partial charge in [-0.2, -0.15) is 4.99 Å². The molecule has 0 amide bonds. The van der Waals surface area contributed by atoms with E-state index in [1.807, 2.05) is 31.2 Å². The highest BCUT2D eigenvalue weighted by Gasteiger charge is 2.40. The van der Waals surface area contributed by atoms with Crippen molar-refractivity contribution in [1.29, 1.82) is 0 Å². The second kappa shape index (κ2) is 4.82. The summed E-state index contributed by atoms with van der Waals surface area (Å²) in [6.45, 7) is 2.01. The summed E-state index contributed by atoms with van der Waals surface area (Å²) in [5.74, 6) is 0. The molecule has 3 nitrogen and oxygen atoms in total. The zero-order chi connectivity index (χ0) is 12.3. The Kier molecular flexibility index (Phi) is 3.41. The number of isocyanates is 1. The van der Waals surface area contributed by atoms with Crippen molar-refractivity contribution in [1.82, 2.24) is 0 Å². The molecule has 0 heterocycles. The zero-order valence-electron chi connectivity index (χ0n) is 10.3. The second-order valence-corrected chi connectivity index (χ2v) is 4.55. The summed E-state index contributed by atoms with van der Waals surface area (Å²) in [5.41, 5.74) is 1.89. The minimum atomic E-state index is -0.342. The Morgan fingerprint density at radius 3 is 2.65 bits per heavy atom. The highest BCUT2D eigenvalue weighted by atomic mass is 16.5. The molecule has 1 aromatic rings. The van der Waals surface area contributed by atoms with Gasteiger partial charge in [-0.1, -0.05) is 24.3 Å². The smallest absolute Gasteiger partial charge is 0.235 e. The lowest BCUT2D eigenvalue weighted by Gasteiger charge is -2.39. The van der Waals surface area contributed by atoms with Crippen molar-refractivity contribution in [3.63, 3.8) is 0 Å². The van der Waals surface area contributed by atoms with Crippen LogP contribution >= 0.6 is 0 Å². The number of methoxy groups -OCH3 is 1. The van der Waals surface area contributed by atoms with Crippen molar-refractivity contribution in [3.8, 4) is 0 Å². The first-order chi connectivity index (χ1) is 8.23. The van der Waals surface area contributed by atoms with E-state index < -0.39 is 0 Å². The van der Waals surface area contributed by atoms with Gasteiger partial charge in [-0.15, -0.1) is 0 Å². The predicted octanol–water partition coefficient (Wildman–Crippen LogP) is 3.11. The van der Waals surface area contributed by atoms with E-state index in [4.69, 9.17) is 4.74 Å². The van der Waals surface area contributed by atoms with Crippen LogP contribution in [0.5, 0.6) is 0 Å². The lowest BCUT2D eigenvalue weighted by atomic mass is 9.70. The third-order valence-electron chi connectivity index (χ3n) is 3.69. The highest BCUT2D eigenvalue weighted by molar-refractivity contribution is 5.43. The molecule has 1 fully saturated rings.